The molecule has 3 unspecified atom stereocenters. The number of halogens is 2. The number of carbonyl (C=O) groups is 3. The van der Waals surface area contributed by atoms with Crippen LogP contribution in [0.5, 0.6) is 0 Å². The second kappa shape index (κ2) is 7.54. The molecule has 0 aromatic heterocycles. The van der Waals surface area contributed by atoms with Crippen molar-refractivity contribution in [2.75, 3.05) is 4.90 Å². The molecule has 9 heteroatoms. The number of hydrogen-bond donors (Lipinski definition) is 1. The quantitative estimate of drug-likeness (QED) is 0.564. The Morgan fingerprint density at radius 2 is 1.82 bits per heavy atom. The van der Waals surface area contributed by atoms with E-state index in [0.29, 0.717) is 18.1 Å². The molecule has 33 heavy (non-hydrogen) atoms. The fourth-order valence-corrected chi connectivity index (χ4v) is 4.79. The van der Waals surface area contributed by atoms with Crippen molar-refractivity contribution in [3.05, 3.63) is 88.7 Å². The molecule has 2 heterocycles. The number of hydrogen-bond acceptors (Lipinski definition) is 4. The Labute approximate surface area is 187 Å². The van der Waals surface area contributed by atoms with E-state index in [-0.39, 0.29) is 11.3 Å². The largest absolute Gasteiger partial charge is 0.474 e. The molecule has 0 saturated carbocycles. The highest BCUT2D eigenvalue weighted by Crippen LogP contribution is 2.49. The zero-order chi connectivity index (χ0) is 23.4. The molecule has 1 saturated heterocycles. The summed E-state index contributed by atoms with van der Waals surface area (Å²) in [6.45, 7) is 1.54. The first kappa shape index (κ1) is 20.9. The molecule has 3 atom stereocenters. The third-order valence-electron chi connectivity index (χ3n) is 6.21. The first-order valence-corrected chi connectivity index (χ1v) is 10.2. The van der Waals surface area contributed by atoms with Crippen molar-refractivity contribution in [3.8, 4) is 0 Å². The molecule has 1 N–H and O–H groups in total. The Morgan fingerprint density at radius 1 is 1.12 bits per heavy atom. The van der Waals surface area contributed by atoms with Crippen LogP contribution >= 0.6 is 0 Å². The van der Waals surface area contributed by atoms with Crippen LogP contribution in [0.2, 0.25) is 0 Å². The molecule has 7 nitrogen and oxygen atoms in total. The van der Waals surface area contributed by atoms with Gasteiger partial charge in [-0.15, -0.1) is 0 Å². The molecule has 1 aliphatic carbocycles. The monoisotopic (exact) mass is 452 g/mol. The lowest BCUT2D eigenvalue weighted by molar-refractivity contribution is -0.124. The van der Waals surface area contributed by atoms with E-state index in [2.05, 4.69) is 0 Å². The van der Waals surface area contributed by atoms with Crippen LogP contribution in [-0.4, -0.2) is 34.1 Å². The van der Waals surface area contributed by atoms with Crippen molar-refractivity contribution in [1.29, 1.82) is 0 Å². The Balaban J connectivity index is 1.48. The van der Waals surface area contributed by atoms with Crippen molar-refractivity contribution in [2.24, 2.45) is 5.92 Å². The maximum Gasteiger partial charge on any atom is 0.414 e. The predicted molar refractivity (Wildman–Crippen MR) is 112 cm³/mol. The number of nitrogens with zero attached hydrogens (tertiary/aromatic N) is 2. The zero-order valence-electron chi connectivity index (χ0n) is 17.4. The standard InChI is InChI=1S/C24H18F2N2O5/c1-12-6-20(27(22(12)29)16-9-14(25)8-15(26)10-16)33-11-19-18-7-13-4-2-3-5-17(13)21(18)28(23(19)30)24(31)32/h2-6,8-11,18,20-21H,7H2,1H3,(H,31,32). The van der Waals surface area contributed by atoms with Crippen LogP contribution in [0.25, 0.3) is 0 Å². The highest BCUT2D eigenvalue weighted by atomic mass is 19.1. The van der Waals surface area contributed by atoms with Gasteiger partial charge >= 0.3 is 6.09 Å². The molecule has 2 aromatic rings. The van der Waals surface area contributed by atoms with Crippen LogP contribution in [-0.2, 0) is 20.7 Å². The fraction of sp³-hybridized carbons (Fsp3) is 0.208. The van der Waals surface area contributed by atoms with E-state index in [9.17, 15) is 28.3 Å². The molecule has 2 aromatic carbocycles. The van der Waals surface area contributed by atoms with Crippen molar-refractivity contribution in [2.45, 2.75) is 25.6 Å². The second-order valence-electron chi connectivity index (χ2n) is 8.16. The third kappa shape index (κ3) is 3.27. The van der Waals surface area contributed by atoms with Crippen LogP contribution in [0.1, 0.15) is 24.1 Å². The molecule has 3 aliphatic rings. The van der Waals surface area contributed by atoms with Crippen molar-refractivity contribution < 1.29 is 33.0 Å². The average molecular weight is 452 g/mol. The number of likely N-dealkylation sites (tertiary alicyclic amines) is 1. The van der Waals surface area contributed by atoms with Crippen molar-refractivity contribution in [3.63, 3.8) is 0 Å². The van der Waals surface area contributed by atoms with Gasteiger partial charge in [-0.3, -0.25) is 14.5 Å². The second-order valence-corrected chi connectivity index (χ2v) is 8.16. The predicted octanol–water partition coefficient (Wildman–Crippen LogP) is 3.92. The van der Waals surface area contributed by atoms with Gasteiger partial charge in [0.05, 0.1) is 23.6 Å². The van der Waals surface area contributed by atoms with Gasteiger partial charge in [0.2, 0.25) is 0 Å². The summed E-state index contributed by atoms with van der Waals surface area (Å²) in [4.78, 5) is 39.3. The summed E-state index contributed by atoms with van der Waals surface area (Å²) in [5.41, 5.74) is 2.14. The Bertz CT molecular complexity index is 1250. The van der Waals surface area contributed by atoms with E-state index in [1.165, 1.54) is 19.3 Å². The van der Waals surface area contributed by atoms with E-state index in [1.54, 1.807) is 12.1 Å². The molecule has 0 radical (unpaired) electrons. The molecule has 2 aliphatic heterocycles. The van der Waals surface area contributed by atoms with Gasteiger partial charge in [-0.05, 0) is 42.7 Å². The maximum atomic E-state index is 13.8. The number of fused-ring (bicyclic) bond motifs is 3. The minimum atomic E-state index is -1.36. The van der Waals surface area contributed by atoms with Crippen LogP contribution in [0.3, 0.4) is 0 Å². The zero-order valence-corrected chi connectivity index (χ0v) is 17.4. The molecule has 5 rings (SSSR count). The van der Waals surface area contributed by atoms with E-state index in [0.717, 1.165) is 33.1 Å². The number of carbonyl (C=O) groups excluding carboxylic acids is 2. The van der Waals surface area contributed by atoms with E-state index >= 15 is 0 Å². The third-order valence-corrected chi connectivity index (χ3v) is 6.21. The Morgan fingerprint density at radius 3 is 2.52 bits per heavy atom. The number of anilines is 1. The number of amides is 3. The molecule has 168 valence electrons. The molecular formula is C24H18F2N2O5. The minimum absolute atomic E-state index is 0.0370. The van der Waals surface area contributed by atoms with Gasteiger partial charge in [0.1, 0.15) is 11.6 Å². The number of rotatable bonds is 3. The summed E-state index contributed by atoms with van der Waals surface area (Å²) >= 11 is 0. The van der Waals surface area contributed by atoms with Gasteiger partial charge in [-0.2, -0.15) is 0 Å². The van der Waals surface area contributed by atoms with E-state index in [1.807, 2.05) is 12.1 Å². The first-order chi connectivity index (χ1) is 15.8. The summed E-state index contributed by atoms with van der Waals surface area (Å²) in [7, 11) is 0. The summed E-state index contributed by atoms with van der Waals surface area (Å²) in [6.07, 6.45) is 0.684. The Kier molecular flexibility index (Phi) is 4.77. The summed E-state index contributed by atoms with van der Waals surface area (Å²) < 4.78 is 33.3. The van der Waals surface area contributed by atoms with E-state index < -0.39 is 47.7 Å². The lowest BCUT2D eigenvalue weighted by atomic mass is 9.97. The van der Waals surface area contributed by atoms with Gasteiger partial charge in [0.15, 0.2) is 6.23 Å². The molecule has 1 fully saturated rings. The smallest absolute Gasteiger partial charge is 0.414 e. The lowest BCUT2D eigenvalue weighted by Gasteiger charge is -2.24. The van der Waals surface area contributed by atoms with Crippen LogP contribution in [0, 0.1) is 17.6 Å². The number of carboxylic acid groups (broad SMARTS) is 1. The normalized spacial score (nSPS) is 24.9. The number of ether oxygens (including phenoxy) is 1. The van der Waals surface area contributed by atoms with Crippen molar-refractivity contribution in [1.82, 2.24) is 4.90 Å². The molecule has 3 amide bonds. The fourth-order valence-electron chi connectivity index (χ4n) is 4.79. The van der Waals surface area contributed by atoms with Crippen molar-refractivity contribution >= 4 is 23.6 Å². The molecular weight excluding hydrogens is 434 g/mol. The average Bonchev–Trinajstić information content (AvgIpc) is 3.34. The van der Waals surface area contributed by atoms with Gasteiger partial charge in [0.25, 0.3) is 11.8 Å². The lowest BCUT2D eigenvalue weighted by Crippen LogP contribution is -2.36. The highest BCUT2D eigenvalue weighted by Gasteiger charge is 2.52. The summed E-state index contributed by atoms with van der Waals surface area (Å²) in [5, 5.41) is 9.67. The number of imide groups is 1. The number of benzene rings is 2. The van der Waals surface area contributed by atoms with Gasteiger partial charge in [0, 0.05) is 17.6 Å². The van der Waals surface area contributed by atoms with Gasteiger partial charge in [-0.25, -0.2) is 18.5 Å². The highest BCUT2D eigenvalue weighted by molar-refractivity contribution is 6.08. The summed E-state index contributed by atoms with van der Waals surface area (Å²) in [5.74, 6) is -3.34. The van der Waals surface area contributed by atoms with E-state index in [4.69, 9.17) is 4.74 Å². The minimum Gasteiger partial charge on any atom is -0.474 e. The first-order valence-electron chi connectivity index (χ1n) is 10.2. The SMILES string of the molecule is CC1=CC(OC=C2C(=O)N(C(=O)O)C3c4ccccc4CC23)N(c2cc(F)cc(F)c2)C1=O. The van der Waals surface area contributed by atoms with Crippen LogP contribution in [0.15, 0.2) is 65.9 Å². The Hall–Kier alpha value is -4.01. The maximum absolute atomic E-state index is 13.8. The molecule has 0 spiro atoms. The van der Waals surface area contributed by atoms with Gasteiger partial charge < -0.3 is 9.84 Å². The topological polar surface area (TPSA) is 87.2 Å². The molecule has 0 bridgehead atoms. The van der Waals surface area contributed by atoms with Gasteiger partial charge in [-0.1, -0.05) is 24.3 Å². The summed E-state index contributed by atoms with van der Waals surface area (Å²) in [6, 6.07) is 9.38. The van der Waals surface area contributed by atoms with Crippen LogP contribution in [0.4, 0.5) is 19.3 Å². The van der Waals surface area contributed by atoms with Crippen LogP contribution < -0.4 is 4.90 Å².